The number of carbonyl (C=O) groups is 1. The summed E-state index contributed by atoms with van der Waals surface area (Å²) in [5.74, 6) is 0.633. The molecule has 0 aliphatic heterocycles. The first-order chi connectivity index (χ1) is 7.68. The monoisotopic (exact) mass is 221 g/mol. The highest BCUT2D eigenvalue weighted by Gasteiger charge is 2.02. The lowest BCUT2D eigenvalue weighted by Gasteiger charge is -2.07. The Labute approximate surface area is 96.5 Å². The molecule has 0 fully saturated rings. The van der Waals surface area contributed by atoms with Gasteiger partial charge in [0.25, 0.3) is 0 Å². The fourth-order valence-electron chi connectivity index (χ4n) is 1.28. The van der Waals surface area contributed by atoms with E-state index < -0.39 is 0 Å². The Morgan fingerprint density at radius 3 is 2.88 bits per heavy atom. The number of rotatable bonds is 6. The van der Waals surface area contributed by atoms with Crippen molar-refractivity contribution in [1.82, 2.24) is 10.3 Å². The summed E-state index contributed by atoms with van der Waals surface area (Å²) < 4.78 is 0. The first-order valence-electron chi connectivity index (χ1n) is 5.63. The maximum absolute atomic E-state index is 11.5. The summed E-state index contributed by atoms with van der Waals surface area (Å²) >= 11 is 0. The number of pyridine rings is 1. The normalized spacial score (nSPS) is 10.4. The van der Waals surface area contributed by atoms with E-state index in [0.717, 1.165) is 13.0 Å². The molecule has 2 N–H and O–H groups in total. The number of nitrogens with one attached hydrogen (secondary N) is 2. The molecule has 0 bridgehead atoms. The molecule has 1 heterocycles. The van der Waals surface area contributed by atoms with E-state index >= 15 is 0 Å². The number of nitrogens with zero attached hydrogens (tertiary/aromatic N) is 1. The van der Waals surface area contributed by atoms with Crippen LogP contribution in [0.1, 0.15) is 26.7 Å². The summed E-state index contributed by atoms with van der Waals surface area (Å²) in [6, 6.07) is 5.92. The minimum Gasteiger partial charge on any atom is -0.315 e. The third kappa shape index (κ3) is 5.46. The molecule has 4 nitrogen and oxygen atoms in total. The lowest BCUT2D eigenvalue weighted by Crippen LogP contribution is -2.24. The molecule has 0 spiro atoms. The van der Waals surface area contributed by atoms with Crippen molar-refractivity contribution < 1.29 is 4.79 Å². The van der Waals surface area contributed by atoms with Gasteiger partial charge in [-0.2, -0.15) is 0 Å². The molecule has 0 aromatic carbocycles. The Bertz CT molecular complexity index is 311. The van der Waals surface area contributed by atoms with E-state index in [-0.39, 0.29) is 5.91 Å². The molecule has 1 amide bonds. The molecule has 0 aliphatic rings. The number of anilines is 1. The Morgan fingerprint density at radius 1 is 1.44 bits per heavy atom. The van der Waals surface area contributed by atoms with Crippen LogP contribution in [-0.4, -0.2) is 23.5 Å². The van der Waals surface area contributed by atoms with Crippen molar-refractivity contribution in [3.63, 3.8) is 0 Å². The number of hydrogen-bond acceptors (Lipinski definition) is 3. The highest BCUT2D eigenvalue weighted by atomic mass is 16.1. The van der Waals surface area contributed by atoms with E-state index in [1.165, 1.54) is 0 Å². The van der Waals surface area contributed by atoms with Crippen molar-refractivity contribution in [2.24, 2.45) is 0 Å². The Balaban J connectivity index is 2.17. The maximum Gasteiger partial charge on any atom is 0.225 e. The zero-order valence-corrected chi connectivity index (χ0v) is 9.86. The number of amides is 1. The van der Waals surface area contributed by atoms with Gasteiger partial charge in [-0.3, -0.25) is 4.79 Å². The van der Waals surface area contributed by atoms with E-state index in [1.54, 1.807) is 12.3 Å². The van der Waals surface area contributed by atoms with Crippen LogP contribution in [0.25, 0.3) is 0 Å². The fraction of sp³-hybridized carbons (Fsp3) is 0.500. The highest BCUT2D eigenvalue weighted by molar-refractivity contribution is 5.89. The van der Waals surface area contributed by atoms with Crippen LogP contribution in [0.5, 0.6) is 0 Å². The average Bonchev–Trinajstić information content (AvgIpc) is 2.25. The molecule has 1 aromatic heterocycles. The van der Waals surface area contributed by atoms with Gasteiger partial charge in [0.1, 0.15) is 5.82 Å². The molecule has 88 valence electrons. The molecule has 0 saturated carbocycles. The van der Waals surface area contributed by atoms with Gasteiger partial charge in [-0.05, 0) is 25.1 Å². The molecule has 0 saturated heterocycles. The van der Waals surface area contributed by atoms with Gasteiger partial charge in [0.2, 0.25) is 5.91 Å². The predicted octanol–water partition coefficient (Wildman–Crippen LogP) is 1.80. The second-order valence-electron chi connectivity index (χ2n) is 3.98. The first-order valence-corrected chi connectivity index (χ1v) is 5.63. The SMILES string of the molecule is CC(C)NCCCC(=O)Nc1ccccn1. The zero-order chi connectivity index (χ0) is 11.8. The quantitative estimate of drug-likeness (QED) is 0.720. The third-order valence-electron chi connectivity index (χ3n) is 2.07. The molecule has 0 unspecified atom stereocenters. The Hall–Kier alpha value is -1.42. The minimum atomic E-state index is 0.0178. The second-order valence-corrected chi connectivity index (χ2v) is 3.98. The minimum absolute atomic E-state index is 0.0178. The van der Waals surface area contributed by atoms with Crippen molar-refractivity contribution in [1.29, 1.82) is 0 Å². The van der Waals surface area contributed by atoms with E-state index in [1.807, 2.05) is 12.1 Å². The van der Waals surface area contributed by atoms with Crippen molar-refractivity contribution in [3.8, 4) is 0 Å². The number of aromatic nitrogens is 1. The molecular formula is C12H19N3O. The van der Waals surface area contributed by atoms with Gasteiger partial charge in [-0.25, -0.2) is 4.98 Å². The number of hydrogen-bond donors (Lipinski definition) is 2. The van der Waals surface area contributed by atoms with Crippen LogP contribution < -0.4 is 10.6 Å². The van der Waals surface area contributed by atoms with Crippen molar-refractivity contribution in [3.05, 3.63) is 24.4 Å². The molecule has 16 heavy (non-hydrogen) atoms. The third-order valence-corrected chi connectivity index (χ3v) is 2.07. The smallest absolute Gasteiger partial charge is 0.225 e. The lowest BCUT2D eigenvalue weighted by atomic mass is 10.2. The fourth-order valence-corrected chi connectivity index (χ4v) is 1.28. The van der Waals surface area contributed by atoms with E-state index in [9.17, 15) is 4.79 Å². The maximum atomic E-state index is 11.5. The Morgan fingerprint density at radius 2 is 2.25 bits per heavy atom. The highest BCUT2D eigenvalue weighted by Crippen LogP contribution is 2.01. The summed E-state index contributed by atoms with van der Waals surface area (Å²) in [6.45, 7) is 5.05. The lowest BCUT2D eigenvalue weighted by molar-refractivity contribution is -0.116. The molecule has 1 aromatic rings. The second kappa shape index (κ2) is 6.95. The van der Waals surface area contributed by atoms with Crippen LogP contribution in [0, 0.1) is 0 Å². The zero-order valence-electron chi connectivity index (χ0n) is 9.86. The van der Waals surface area contributed by atoms with E-state index in [4.69, 9.17) is 0 Å². The molecule has 0 aliphatic carbocycles. The summed E-state index contributed by atoms with van der Waals surface area (Å²) in [5.41, 5.74) is 0. The van der Waals surface area contributed by atoms with Crippen LogP contribution >= 0.6 is 0 Å². The van der Waals surface area contributed by atoms with Crippen LogP contribution in [0.15, 0.2) is 24.4 Å². The van der Waals surface area contributed by atoms with Gasteiger partial charge < -0.3 is 10.6 Å². The standard InChI is InChI=1S/C12H19N3O/c1-10(2)13-9-5-7-12(16)15-11-6-3-4-8-14-11/h3-4,6,8,10,13H,5,7,9H2,1-2H3,(H,14,15,16). The number of carbonyl (C=O) groups excluding carboxylic acids is 1. The molecule has 1 rings (SSSR count). The largest absolute Gasteiger partial charge is 0.315 e. The van der Waals surface area contributed by atoms with E-state index in [2.05, 4.69) is 29.5 Å². The molecule has 4 heteroatoms. The Kier molecular flexibility index (Phi) is 5.50. The molecule has 0 atom stereocenters. The molecule has 0 radical (unpaired) electrons. The summed E-state index contributed by atoms with van der Waals surface area (Å²) in [4.78, 5) is 15.5. The van der Waals surface area contributed by atoms with Crippen LogP contribution in [0.3, 0.4) is 0 Å². The van der Waals surface area contributed by atoms with Gasteiger partial charge in [-0.15, -0.1) is 0 Å². The summed E-state index contributed by atoms with van der Waals surface area (Å²) in [6.07, 6.45) is 3.03. The van der Waals surface area contributed by atoms with Crippen LogP contribution in [0.2, 0.25) is 0 Å². The first kappa shape index (κ1) is 12.6. The van der Waals surface area contributed by atoms with Crippen LogP contribution in [-0.2, 0) is 4.79 Å². The van der Waals surface area contributed by atoms with Gasteiger partial charge in [-0.1, -0.05) is 19.9 Å². The molecular weight excluding hydrogens is 202 g/mol. The van der Waals surface area contributed by atoms with E-state index in [0.29, 0.717) is 18.3 Å². The summed E-state index contributed by atoms with van der Waals surface area (Å²) in [7, 11) is 0. The van der Waals surface area contributed by atoms with Crippen molar-refractivity contribution in [2.45, 2.75) is 32.7 Å². The van der Waals surface area contributed by atoms with Gasteiger partial charge in [0.15, 0.2) is 0 Å². The average molecular weight is 221 g/mol. The van der Waals surface area contributed by atoms with Crippen LogP contribution in [0.4, 0.5) is 5.82 Å². The van der Waals surface area contributed by atoms with Crippen molar-refractivity contribution >= 4 is 11.7 Å². The summed E-state index contributed by atoms with van der Waals surface area (Å²) in [5, 5.41) is 6.02. The van der Waals surface area contributed by atoms with Crippen molar-refractivity contribution in [2.75, 3.05) is 11.9 Å². The topological polar surface area (TPSA) is 54.0 Å². The predicted molar refractivity (Wildman–Crippen MR) is 65.2 cm³/mol. The van der Waals surface area contributed by atoms with Gasteiger partial charge >= 0.3 is 0 Å². The van der Waals surface area contributed by atoms with Gasteiger partial charge in [0, 0.05) is 18.7 Å². The van der Waals surface area contributed by atoms with Gasteiger partial charge in [0.05, 0.1) is 0 Å².